The fraction of sp³-hybridized carbons (Fsp3) is 0.611. The van der Waals surface area contributed by atoms with Gasteiger partial charge in [-0.15, -0.1) is 0 Å². The van der Waals surface area contributed by atoms with Crippen molar-refractivity contribution in [3.8, 4) is 5.75 Å². The minimum atomic E-state index is -0.0997. The second-order valence-electron chi connectivity index (χ2n) is 5.29. The lowest BCUT2D eigenvalue weighted by atomic mass is 10.3. The molecule has 26 heavy (non-hydrogen) atoms. The maximum Gasteiger partial charge on any atom is 0.221 e. The summed E-state index contributed by atoms with van der Waals surface area (Å²) in [5.41, 5.74) is 6.04. The van der Waals surface area contributed by atoms with Crippen LogP contribution in [0.2, 0.25) is 0 Å². The fourth-order valence-electron chi connectivity index (χ4n) is 1.90. The number of ether oxygens (including phenoxy) is 5. The van der Waals surface area contributed by atoms with Gasteiger partial charge in [-0.1, -0.05) is 0 Å². The van der Waals surface area contributed by atoms with Crippen molar-refractivity contribution in [3.63, 3.8) is 0 Å². The van der Waals surface area contributed by atoms with E-state index in [4.69, 9.17) is 29.4 Å². The van der Waals surface area contributed by atoms with Crippen LogP contribution in [0.4, 0.5) is 5.69 Å². The van der Waals surface area contributed by atoms with Gasteiger partial charge >= 0.3 is 0 Å². The molecule has 0 saturated heterocycles. The number of hydrogen-bond acceptors (Lipinski definition) is 7. The van der Waals surface area contributed by atoms with Crippen molar-refractivity contribution in [1.82, 2.24) is 0 Å². The van der Waals surface area contributed by atoms with Crippen LogP contribution in [-0.4, -0.2) is 71.9 Å². The number of amides is 1. The first kappa shape index (κ1) is 22.3. The summed E-state index contributed by atoms with van der Waals surface area (Å²) in [7, 11) is 0. The van der Waals surface area contributed by atoms with Gasteiger partial charge in [0.25, 0.3) is 0 Å². The molecule has 0 aliphatic carbocycles. The number of nitrogens with two attached hydrogens (primary N) is 1. The van der Waals surface area contributed by atoms with Crippen LogP contribution in [0.25, 0.3) is 0 Å². The zero-order valence-electron chi connectivity index (χ0n) is 15.4. The third kappa shape index (κ3) is 12.6. The third-order valence-electron chi connectivity index (χ3n) is 3.05. The van der Waals surface area contributed by atoms with Crippen molar-refractivity contribution >= 4 is 11.6 Å². The van der Waals surface area contributed by atoms with Crippen molar-refractivity contribution in [1.29, 1.82) is 0 Å². The molecule has 3 N–H and O–H groups in total. The van der Waals surface area contributed by atoms with E-state index in [0.717, 1.165) is 11.4 Å². The second kappa shape index (κ2) is 15.5. The molecule has 1 aromatic carbocycles. The zero-order chi connectivity index (χ0) is 18.9. The molecule has 0 aromatic heterocycles. The Kier molecular flexibility index (Phi) is 13.3. The summed E-state index contributed by atoms with van der Waals surface area (Å²) >= 11 is 0. The van der Waals surface area contributed by atoms with Crippen LogP contribution in [0, 0.1) is 0 Å². The Balaban J connectivity index is 1.87. The second-order valence-corrected chi connectivity index (χ2v) is 5.29. The van der Waals surface area contributed by atoms with Crippen LogP contribution < -0.4 is 15.8 Å². The first-order valence-corrected chi connectivity index (χ1v) is 8.74. The number of benzene rings is 1. The Hall–Kier alpha value is -1.71. The Bertz CT molecular complexity index is 469. The molecule has 0 fully saturated rings. The van der Waals surface area contributed by atoms with Gasteiger partial charge in [-0.3, -0.25) is 4.79 Å². The van der Waals surface area contributed by atoms with Gasteiger partial charge in [-0.2, -0.15) is 0 Å². The predicted octanol–water partition coefficient (Wildman–Crippen LogP) is 1.05. The molecule has 8 heteroatoms. The van der Waals surface area contributed by atoms with Crippen molar-refractivity contribution < 1.29 is 28.5 Å². The smallest absolute Gasteiger partial charge is 0.221 e. The van der Waals surface area contributed by atoms with Gasteiger partial charge in [-0.05, 0) is 24.3 Å². The molecule has 0 radical (unpaired) electrons. The van der Waals surface area contributed by atoms with Crippen LogP contribution in [-0.2, 0) is 23.7 Å². The predicted molar refractivity (Wildman–Crippen MR) is 98.6 cm³/mol. The van der Waals surface area contributed by atoms with Crippen molar-refractivity contribution in [2.75, 3.05) is 71.3 Å². The van der Waals surface area contributed by atoms with Crippen LogP contribution in [0.3, 0.4) is 0 Å². The summed E-state index contributed by atoms with van der Waals surface area (Å²) in [5, 5.41) is 2.70. The van der Waals surface area contributed by atoms with E-state index in [1.807, 2.05) is 0 Å². The molecule has 1 rings (SSSR count). The monoisotopic (exact) mass is 370 g/mol. The van der Waals surface area contributed by atoms with Gasteiger partial charge in [0.15, 0.2) is 0 Å². The van der Waals surface area contributed by atoms with Gasteiger partial charge < -0.3 is 34.7 Å². The lowest BCUT2D eigenvalue weighted by molar-refractivity contribution is -0.114. The highest BCUT2D eigenvalue weighted by molar-refractivity contribution is 5.88. The van der Waals surface area contributed by atoms with Crippen LogP contribution >= 0.6 is 0 Å². The lowest BCUT2D eigenvalue weighted by Crippen LogP contribution is -2.15. The van der Waals surface area contributed by atoms with Gasteiger partial charge in [0.2, 0.25) is 5.91 Å². The third-order valence-corrected chi connectivity index (χ3v) is 3.05. The molecule has 1 aromatic rings. The molecule has 0 spiro atoms. The highest BCUT2D eigenvalue weighted by atomic mass is 16.6. The maximum atomic E-state index is 10.9. The molecular formula is C18H30N2O6. The minimum Gasteiger partial charge on any atom is -0.491 e. The number of anilines is 1. The topological polar surface area (TPSA) is 101 Å². The number of hydrogen-bond donors (Lipinski definition) is 2. The molecule has 1 amide bonds. The van der Waals surface area contributed by atoms with Crippen molar-refractivity contribution in [3.05, 3.63) is 24.3 Å². The maximum absolute atomic E-state index is 10.9. The van der Waals surface area contributed by atoms with E-state index in [2.05, 4.69) is 5.32 Å². The summed E-state index contributed by atoms with van der Waals surface area (Å²) < 4.78 is 26.9. The van der Waals surface area contributed by atoms with E-state index < -0.39 is 0 Å². The summed E-state index contributed by atoms with van der Waals surface area (Å²) in [5.74, 6) is 0.629. The molecule has 148 valence electrons. The van der Waals surface area contributed by atoms with Crippen LogP contribution in [0.15, 0.2) is 24.3 Å². The SMILES string of the molecule is CC(=O)Nc1ccc(OCCOCCOCCOCCOCCN)cc1. The van der Waals surface area contributed by atoms with Gasteiger partial charge in [0.1, 0.15) is 12.4 Å². The van der Waals surface area contributed by atoms with Crippen molar-refractivity contribution in [2.24, 2.45) is 5.73 Å². The van der Waals surface area contributed by atoms with E-state index in [1.165, 1.54) is 6.92 Å². The molecule has 0 unspecified atom stereocenters. The Morgan fingerprint density at radius 3 is 1.73 bits per heavy atom. The number of rotatable bonds is 16. The summed E-state index contributed by atoms with van der Waals surface area (Å²) in [6, 6.07) is 7.18. The number of carbonyl (C=O) groups excluding carboxylic acids is 1. The van der Waals surface area contributed by atoms with Crippen LogP contribution in [0.1, 0.15) is 6.92 Å². The highest BCUT2D eigenvalue weighted by Gasteiger charge is 1.98. The highest BCUT2D eigenvalue weighted by Crippen LogP contribution is 2.15. The van der Waals surface area contributed by atoms with E-state index in [0.29, 0.717) is 66.0 Å². The Labute approximate surface area is 154 Å². The number of carbonyl (C=O) groups is 1. The largest absolute Gasteiger partial charge is 0.491 e. The molecular weight excluding hydrogens is 340 g/mol. The molecule has 0 atom stereocenters. The average Bonchev–Trinajstić information content (AvgIpc) is 2.63. The molecule has 0 bridgehead atoms. The number of nitrogens with one attached hydrogen (secondary N) is 1. The molecule has 8 nitrogen and oxygen atoms in total. The van der Waals surface area contributed by atoms with Gasteiger partial charge in [-0.25, -0.2) is 0 Å². The summed E-state index contributed by atoms with van der Waals surface area (Å²) in [6.45, 7) is 6.65. The zero-order valence-corrected chi connectivity index (χ0v) is 15.4. The van der Waals surface area contributed by atoms with Crippen LogP contribution in [0.5, 0.6) is 5.75 Å². The van der Waals surface area contributed by atoms with E-state index in [9.17, 15) is 4.79 Å². The average molecular weight is 370 g/mol. The quantitative estimate of drug-likeness (QED) is 0.419. The normalized spacial score (nSPS) is 10.7. The van der Waals surface area contributed by atoms with Gasteiger partial charge in [0, 0.05) is 19.2 Å². The van der Waals surface area contributed by atoms with Gasteiger partial charge in [0.05, 0.1) is 52.9 Å². The standard InChI is InChI=1S/C18H30N2O6/c1-16(21)20-17-2-4-18(5-3-17)26-15-14-25-13-12-24-11-10-23-9-8-22-7-6-19/h2-5H,6-15,19H2,1H3,(H,20,21). The van der Waals surface area contributed by atoms with E-state index in [-0.39, 0.29) is 5.91 Å². The minimum absolute atomic E-state index is 0.0997. The Morgan fingerprint density at radius 1 is 0.808 bits per heavy atom. The lowest BCUT2D eigenvalue weighted by Gasteiger charge is -2.09. The molecule has 0 heterocycles. The molecule has 0 aliphatic rings. The molecule has 0 saturated carbocycles. The summed E-state index contributed by atoms with van der Waals surface area (Å²) in [6.07, 6.45) is 0. The first-order chi connectivity index (χ1) is 12.7. The van der Waals surface area contributed by atoms with E-state index >= 15 is 0 Å². The summed E-state index contributed by atoms with van der Waals surface area (Å²) in [4.78, 5) is 10.9. The van der Waals surface area contributed by atoms with E-state index in [1.54, 1.807) is 24.3 Å². The molecule has 0 aliphatic heterocycles. The Morgan fingerprint density at radius 2 is 1.27 bits per heavy atom. The van der Waals surface area contributed by atoms with Crippen molar-refractivity contribution in [2.45, 2.75) is 6.92 Å². The first-order valence-electron chi connectivity index (χ1n) is 8.74. The fourth-order valence-corrected chi connectivity index (χ4v) is 1.90.